The third-order valence-corrected chi connectivity index (χ3v) is 9.29. The van der Waals surface area contributed by atoms with Crippen LogP contribution in [0.2, 0.25) is 10.0 Å². The number of non-ortho nitro benzene ring substituents is 1. The van der Waals surface area contributed by atoms with Gasteiger partial charge in [0.1, 0.15) is 6.61 Å². The maximum atomic E-state index is 14.0. The van der Waals surface area contributed by atoms with Gasteiger partial charge >= 0.3 is 5.97 Å². The molecule has 1 aliphatic rings. The van der Waals surface area contributed by atoms with Crippen molar-refractivity contribution in [2.75, 3.05) is 13.7 Å². The van der Waals surface area contributed by atoms with E-state index in [0.29, 0.717) is 52.2 Å². The van der Waals surface area contributed by atoms with Gasteiger partial charge in [-0.3, -0.25) is 19.5 Å². The normalized spacial score (nSPS) is 14.5. The molecule has 0 bridgehead atoms. The standard InChI is InChI=1S/C31H24BrCl2N3O7S/c1-4-43-30(39)27-16(2)35-31-36(28(27)18-6-8-20(9-7-18)37(40)41)29(38)26(45-31)13-19-12-24(42-3)25(14-21(19)32)44-15-17-5-10-22(33)23(34)11-17/h5-14,28H,4,15H2,1-3H3/b26-13+/t28-/m1/s1. The van der Waals surface area contributed by atoms with Gasteiger partial charge < -0.3 is 14.2 Å². The van der Waals surface area contributed by atoms with E-state index >= 15 is 0 Å². The topological polar surface area (TPSA) is 122 Å². The SMILES string of the molecule is CCOC(=O)C1=C(C)N=c2s/c(=C/c3cc(OC)c(OCc4ccc(Cl)c(Cl)c4)cc3Br)c(=O)n2[C@@H]1c1ccc([N+](=O)[O-])cc1. The average Bonchev–Trinajstić information content (AvgIpc) is 3.31. The number of hydrogen-bond acceptors (Lipinski definition) is 9. The lowest BCUT2D eigenvalue weighted by atomic mass is 9.95. The number of esters is 1. The minimum atomic E-state index is -0.904. The molecule has 4 aromatic rings. The molecule has 0 amide bonds. The van der Waals surface area contributed by atoms with Crippen molar-refractivity contribution in [3.05, 3.63) is 127 Å². The zero-order chi connectivity index (χ0) is 32.4. The summed E-state index contributed by atoms with van der Waals surface area (Å²) in [5.74, 6) is 0.267. The monoisotopic (exact) mass is 731 g/mol. The fourth-order valence-corrected chi connectivity index (χ4v) is 6.55. The van der Waals surface area contributed by atoms with Crippen molar-refractivity contribution in [2.24, 2.45) is 4.99 Å². The van der Waals surface area contributed by atoms with Crippen LogP contribution in [0.1, 0.15) is 36.6 Å². The second-order valence-corrected chi connectivity index (χ2v) is 12.4. The predicted octanol–water partition coefficient (Wildman–Crippen LogP) is 6.36. The van der Waals surface area contributed by atoms with Crippen molar-refractivity contribution in [1.29, 1.82) is 0 Å². The fourth-order valence-electron chi connectivity index (χ4n) is 4.75. The number of carbonyl (C=O) groups is 1. The number of hydrogen-bond donors (Lipinski definition) is 0. The average molecular weight is 733 g/mol. The third-order valence-electron chi connectivity index (χ3n) is 6.88. The van der Waals surface area contributed by atoms with Crippen molar-refractivity contribution < 1.29 is 23.9 Å². The van der Waals surface area contributed by atoms with E-state index < -0.39 is 22.5 Å². The molecule has 0 aliphatic carbocycles. The number of carbonyl (C=O) groups excluding carboxylic acids is 1. The molecular formula is C31H24BrCl2N3O7S. The summed E-state index contributed by atoms with van der Waals surface area (Å²) < 4.78 is 19.3. The maximum Gasteiger partial charge on any atom is 0.338 e. The Hall–Kier alpha value is -3.97. The molecule has 0 radical (unpaired) electrons. The zero-order valence-corrected chi connectivity index (χ0v) is 27.9. The molecule has 3 aromatic carbocycles. The summed E-state index contributed by atoms with van der Waals surface area (Å²) in [6.07, 6.45) is 1.69. The first-order chi connectivity index (χ1) is 21.5. The van der Waals surface area contributed by atoms with Crippen molar-refractivity contribution in [1.82, 2.24) is 4.57 Å². The van der Waals surface area contributed by atoms with Gasteiger partial charge in [-0.25, -0.2) is 9.79 Å². The van der Waals surface area contributed by atoms with Gasteiger partial charge in [-0.05, 0) is 73.0 Å². The number of allylic oxidation sites excluding steroid dienone is 1. The number of rotatable bonds is 9. The number of methoxy groups -OCH3 is 1. The number of nitro groups is 1. The third kappa shape index (κ3) is 6.69. The molecule has 1 aromatic heterocycles. The van der Waals surface area contributed by atoms with Crippen LogP contribution in [0.25, 0.3) is 6.08 Å². The van der Waals surface area contributed by atoms with Crippen molar-refractivity contribution in [2.45, 2.75) is 26.5 Å². The van der Waals surface area contributed by atoms with Crippen LogP contribution in [0, 0.1) is 10.1 Å². The summed E-state index contributed by atoms with van der Waals surface area (Å²) in [5.41, 5.74) is 1.99. The smallest absolute Gasteiger partial charge is 0.338 e. The lowest BCUT2D eigenvalue weighted by Gasteiger charge is -2.24. The van der Waals surface area contributed by atoms with Crippen LogP contribution < -0.4 is 24.4 Å². The molecule has 1 aliphatic heterocycles. The Morgan fingerprint density at radius 2 is 1.87 bits per heavy atom. The van der Waals surface area contributed by atoms with E-state index in [1.807, 2.05) is 6.07 Å². The first-order valence-electron chi connectivity index (χ1n) is 13.4. The van der Waals surface area contributed by atoms with Crippen LogP contribution in [-0.4, -0.2) is 29.2 Å². The Morgan fingerprint density at radius 3 is 2.51 bits per heavy atom. The predicted molar refractivity (Wildman–Crippen MR) is 175 cm³/mol. The van der Waals surface area contributed by atoms with Gasteiger partial charge in [0.2, 0.25) is 0 Å². The van der Waals surface area contributed by atoms with E-state index in [1.54, 1.807) is 44.2 Å². The lowest BCUT2D eigenvalue weighted by Crippen LogP contribution is -2.39. The van der Waals surface area contributed by atoms with Crippen LogP contribution >= 0.6 is 50.5 Å². The van der Waals surface area contributed by atoms with E-state index in [2.05, 4.69) is 20.9 Å². The molecule has 0 saturated carbocycles. The van der Waals surface area contributed by atoms with Gasteiger partial charge in [-0.1, -0.05) is 56.5 Å². The highest BCUT2D eigenvalue weighted by Gasteiger charge is 2.33. The molecule has 1 atom stereocenters. The second-order valence-electron chi connectivity index (χ2n) is 9.71. The molecule has 232 valence electrons. The minimum absolute atomic E-state index is 0.118. The van der Waals surface area contributed by atoms with E-state index in [4.69, 9.17) is 37.4 Å². The Labute approximate surface area is 279 Å². The number of aromatic nitrogens is 1. The van der Waals surface area contributed by atoms with Gasteiger partial charge in [-0.2, -0.15) is 0 Å². The minimum Gasteiger partial charge on any atom is -0.493 e. The van der Waals surface area contributed by atoms with Crippen LogP contribution in [0.4, 0.5) is 5.69 Å². The molecule has 45 heavy (non-hydrogen) atoms. The molecule has 0 N–H and O–H groups in total. The number of thiazole rings is 1. The summed E-state index contributed by atoms with van der Waals surface area (Å²) in [4.78, 5) is 42.7. The molecule has 0 unspecified atom stereocenters. The Morgan fingerprint density at radius 1 is 1.13 bits per heavy atom. The van der Waals surface area contributed by atoms with Crippen molar-refractivity contribution in [3.63, 3.8) is 0 Å². The Kier molecular flexibility index (Phi) is 9.78. The molecule has 14 heteroatoms. The van der Waals surface area contributed by atoms with Crippen molar-refractivity contribution >= 4 is 68.2 Å². The molecule has 0 saturated heterocycles. The van der Waals surface area contributed by atoms with Crippen LogP contribution in [-0.2, 0) is 16.1 Å². The van der Waals surface area contributed by atoms with Crippen LogP contribution in [0.3, 0.4) is 0 Å². The van der Waals surface area contributed by atoms with Crippen LogP contribution in [0.15, 0.2) is 80.1 Å². The molecule has 0 spiro atoms. The molecule has 0 fully saturated rings. The van der Waals surface area contributed by atoms with E-state index in [-0.39, 0.29) is 24.5 Å². The molecule has 2 heterocycles. The lowest BCUT2D eigenvalue weighted by molar-refractivity contribution is -0.384. The number of benzene rings is 3. The number of nitrogens with zero attached hydrogens (tertiary/aromatic N) is 3. The first kappa shape index (κ1) is 32.4. The molecular weight excluding hydrogens is 709 g/mol. The zero-order valence-electron chi connectivity index (χ0n) is 24.0. The summed E-state index contributed by atoms with van der Waals surface area (Å²) in [6, 6.07) is 13.5. The number of fused-ring (bicyclic) bond motifs is 1. The molecule has 10 nitrogen and oxygen atoms in total. The van der Waals surface area contributed by atoms with Gasteiger partial charge in [0.15, 0.2) is 16.3 Å². The Bertz CT molecular complexity index is 2040. The number of halogens is 3. The van der Waals surface area contributed by atoms with Gasteiger partial charge in [0.05, 0.1) is 50.5 Å². The van der Waals surface area contributed by atoms with Gasteiger partial charge in [-0.15, -0.1) is 0 Å². The van der Waals surface area contributed by atoms with Crippen molar-refractivity contribution in [3.8, 4) is 11.5 Å². The highest BCUT2D eigenvalue weighted by Crippen LogP contribution is 2.35. The first-order valence-corrected chi connectivity index (χ1v) is 15.8. The van der Waals surface area contributed by atoms with E-state index in [1.165, 1.54) is 35.9 Å². The van der Waals surface area contributed by atoms with Gasteiger partial charge in [0, 0.05) is 16.6 Å². The summed E-state index contributed by atoms with van der Waals surface area (Å²) in [5, 5.41) is 12.1. The molecule has 5 rings (SSSR count). The quantitative estimate of drug-likeness (QED) is 0.112. The number of ether oxygens (including phenoxy) is 3. The Balaban J connectivity index is 1.57. The highest BCUT2D eigenvalue weighted by molar-refractivity contribution is 9.10. The summed E-state index contributed by atoms with van der Waals surface area (Å²) in [7, 11) is 1.51. The summed E-state index contributed by atoms with van der Waals surface area (Å²) >= 11 is 16.9. The summed E-state index contributed by atoms with van der Waals surface area (Å²) in [6.45, 7) is 3.68. The van der Waals surface area contributed by atoms with E-state index in [9.17, 15) is 19.7 Å². The largest absolute Gasteiger partial charge is 0.493 e. The maximum absolute atomic E-state index is 14.0. The second kappa shape index (κ2) is 13.6. The fraction of sp³-hybridized carbons (Fsp3) is 0.194. The number of nitro benzene ring substituents is 1. The van der Waals surface area contributed by atoms with Gasteiger partial charge in [0.25, 0.3) is 11.2 Å². The van der Waals surface area contributed by atoms with Crippen LogP contribution in [0.5, 0.6) is 11.5 Å². The highest BCUT2D eigenvalue weighted by atomic mass is 79.9. The van der Waals surface area contributed by atoms with E-state index in [0.717, 1.165) is 16.9 Å².